The molecule has 0 fully saturated rings. The van der Waals surface area contributed by atoms with Gasteiger partial charge in [0.15, 0.2) is 0 Å². The van der Waals surface area contributed by atoms with Crippen LogP contribution in [-0.2, 0) is 17.6 Å². The van der Waals surface area contributed by atoms with Crippen LogP contribution in [0.3, 0.4) is 0 Å². The Hall–Kier alpha value is -1.98. The number of hydrogen-bond donors (Lipinski definition) is 1. The van der Waals surface area contributed by atoms with Gasteiger partial charge in [0, 0.05) is 25.5 Å². The standard InChI is InChI=1S/C16H21N3O2/c1-12(17)9-14-10-18-16(19-11-14)21-15-5-3-13(4-6-15)7-8-20-2/h3-6,10-12H,7-9,17H2,1-2H3. The first-order valence-electron chi connectivity index (χ1n) is 6.99. The molecular formula is C16H21N3O2. The van der Waals surface area contributed by atoms with Crippen molar-refractivity contribution in [2.24, 2.45) is 5.73 Å². The number of methoxy groups -OCH3 is 1. The highest BCUT2D eigenvalue weighted by Crippen LogP contribution is 2.18. The van der Waals surface area contributed by atoms with Crippen molar-refractivity contribution in [3.8, 4) is 11.8 Å². The van der Waals surface area contributed by atoms with Gasteiger partial charge in [-0.3, -0.25) is 0 Å². The van der Waals surface area contributed by atoms with E-state index in [-0.39, 0.29) is 6.04 Å². The summed E-state index contributed by atoms with van der Waals surface area (Å²) in [7, 11) is 1.70. The van der Waals surface area contributed by atoms with Crippen LogP contribution in [0.5, 0.6) is 11.8 Å². The van der Waals surface area contributed by atoms with Gasteiger partial charge in [-0.1, -0.05) is 12.1 Å². The molecule has 0 saturated carbocycles. The maximum absolute atomic E-state index is 5.74. The molecule has 2 N–H and O–H groups in total. The normalized spacial score (nSPS) is 12.1. The van der Waals surface area contributed by atoms with Crippen LogP contribution < -0.4 is 10.5 Å². The molecular weight excluding hydrogens is 266 g/mol. The average Bonchev–Trinajstić information content (AvgIpc) is 2.48. The minimum Gasteiger partial charge on any atom is -0.424 e. The second-order valence-electron chi connectivity index (χ2n) is 5.04. The van der Waals surface area contributed by atoms with Crippen LogP contribution in [0.1, 0.15) is 18.1 Å². The third-order valence-electron chi connectivity index (χ3n) is 2.97. The van der Waals surface area contributed by atoms with Gasteiger partial charge in [0.05, 0.1) is 6.61 Å². The molecule has 0 radical (unpaired) electrons. The van der Waals surface area contributed by atoms with Crippen LogP contribution in [0.15, 0.2) is 36.7 Å². The molecule has 21 heavy (non-hydrogen) atoms. The van der Waals surface area contributed by atoms with Gasteiger partial charge in [0.25, 0.3) is 0 Å². The summed E-state index contributed by atoms with van der Waals surface area (Å²) in [6, 6.07) is 8.28. The summed E-state index contributed by atoms with van der Waals surface area (Å²) in [6.45, 7) is 2.67. The number of hydrogen-bond acceptors (Lipinski definition) is 5. The van der Waals surface area contributed by atoms with Gasteiger partial charge in [-0.2, -0.15) is 0 Å². The average molecular weight is 287 g/mol. The molecule has 5 nitrogen and oxygen atoms in total. The molecule has 0 aliphatic rings. The molecule has 1 unspecified atom stereocenters. The van der Waals surface area contributed by atoms with E-state index in [2.05, 4.69) is 9.97 Å². The summed E-state index contributed by atoms with van der Waals surface area (Å²) < 4.78 is 10.7. The Morgan fingerprint density at radius 2 is 1.76 bits per heavy atom. The van der Waals surface area contributed by atoms with E-state index in [1.807, 2.05) is 31.2 Å². The number of ether oxygens (including phenoxy) is 2. The lowest BCUT2D eigenvalue weighted by molar-refractivity contribution is 0.202. The monoisotopic (exact) mass is 287 g/mol. The second-order valence-corrected chi connectivity index (χ2v) is 5.04. The second kappa shape index (κ2) is 7.71. The lowest BCUT2D eigenvalue weighted by Crippen LogP contribution is -2.17. The van der Waals surface area contributed by atoms with E-state index in [4.69, 9.17) is 15.2 Å². The summed E-state index contributed by atoms with van der Waals surface area (Å²) in [5, 5.41) is 0. The molecule has 5 heteroatoms. The highest BCUT2D eigenvalue weighted by Gasteiger charge is 2.03. The molecule has 1 aromatic carbocycles. The molecule has 0 spiro atoms. The van der Waals surface area contributed by atoms with Gasteiger partial charge in [-0.05, 0) is 43.0 Å². The Kier molecular flexibility index (Phi) is 5.66. The molecule has 0 aliphatic heterocycles. The largest absolute Gasteiger partial charge is 0.424 e. The molecule has 0 aliphatic carbocycles. The van der Waals surface area contributed by atoms with Crippen LogP contribution in [0.2, 0.25) is 0 Å². The Balaban J connectivity index is 1.94. The van der Waals surface area contributed by atoms with Gasteiger partial charge in [0.1, 0.15) is 5.75 Å². The quantitative estimate of drug-likeness (QED) is 0.846. The summed E-state index contributed by atoms with van der Waals surface area (Å²) >= 11 is 0. The van der Waals surface area contributed by atoms with Gasteiger partial charge in [-0.25, -0.2) is 9.97 Å². The van der Waals surface area contributed by atoms with Crippen molar-refractivity contribution in [3.05, 3.63) is 47.8 Å². The lowest BCUT2D eigenvalue weighted by atomic mass is 10.1. The van der Waals surface area contributed by atoms with Crippen LogP contribution in [0.25, 0.3) is 0 Å². The zero-order valence-corrected chi connectivity index (χ0v) is 12.5. The van der Waals surface area contributed by atoms with E-state index >= 15 is 0 Å². The Labute approximate surface area is 125 Å². The van der Waals surface area contributed by atoms with Gasteiger partial charge in [-0.15, -0.1) is 0 Å². The third kappa shape index (κ3) is 5.13. The van der Waals surface area contributed by atoms with E-state index in [0.717, 1.165) is 24.2 Å². The fraction of sp³-hybridized carbons (Fsp3) is 0.375. The third-order valence-corrected chi connectivity index (χ3v) is 2.97. The van der Waals surface area contributed by atoms with Gasteiger partial charge in [0.2, 0.25) is 0 Å². The maximum Gasteiger partial charge on any atom is 0.321 e. The lowest BCUT2D eigenvalue weighted by Gasteiger charge is -2.07. The highest BCUT2D eigenvalue weighted by atomic mass is 16.5. The number of aromatic nitrogens is 2. The summed E-state index contributed by atoms with van der Waals surface area (Å²) in [4.78, 5) is 8.38. The van der Waals surface area contributed by atoms with Crippen LogP contribution >= 0.6 is 0 Å². The minimum absolute atomic E-state index is 0.0972. The van der Waals surface area contributed by atoms with Gasteiger partial charge >= 0.3 is 6.01 Å². The van der Waals surface area contributed by atoms with Crippen molar-refractivity contribution in [1.82, 2.24) is 9.97 Å². The molecule has 0 bridgehead atoms. The van der Waals surface area contributed by atoms with Gasteiger partial charge < -0.3 is 15.2 Å². The number of nitrogens with zero attached hydrogens (tertiary/aromatic N) is 2. The first-order valence-corrected chi connectivity index (χ1v) is 6.99. The van der Waals surface area contributed by atoms with Crippen molar-refractivity contribution in [2.75, 3.05) is 13.7 Å². The first kappa shape index (κ1) is 15.4. The van der Waals surface area contributed by atoms with Crippen molar-refractivity contribution >= 4 is 0 Å². The Morgan fingerprint density at radius 3 is 2.33 bits per heavy atom. The van der Waals surface area contributed by atoms with Crippen molar-refractivity contribution in [2.45, 2.75) is 25.8 Å². The molecule has 0 saturated heterocycles. The van der Waals surface area contributed by atoms with Crippen molar-refractivity contribution < 1.29 is 9.47 Å². The highest BCUT2D eigenvalue weighted by molar-refractivity contribution is 5.29. The molecule has 1 atom stereocenters. The fourth-order valence-electron chi connectivity index (χ4n) is 1.92. The maximum atomic E-state index is 5.74. The van der Waals surface area contributed by atoms with E-state index in [9.17, 15) is 0 Å². The zero-order valence-electron chi connectivity index (χ0n) is 12.5. The van der Waals surface area contributed by atoms with Crippen molar-refractivity contribution in [1.29, 1.82) is 0 Å². The Bertz CT molecular complexity index is 538. The minimum atomic E-state index is 0.0972. The van der Waals surface area contributed by atoms with Crippen LogP contribution in [0.4, 0.5) is 0 Å². The fourth-order valence-corrected chi connectivity index (χ4v) is 1.92. The van der Waals surface area contributed by atoms with E-state index in [1.165, 1.54) is 5.56 Å². The summed E-state index contributed by atoms with van der Waals surface area (Å²) in [5.41, 5.74) is 7.95. The smallest absolute Gasteiger partial charge is 0.321 e. The summed E-state index contributed by atoms with van der Waals surface area (Å²) in [6.07, 6.45) is 5.14. The van der Waals surface area contributed by atoms with Crippen molar-refractivity contribution in [3.63, 3.8) is 0 Å². The zero-order chi connectivity index (χ0) is 15.1. The topological polar surface area (TPSA) is 70.3 Å². The van der Waals surface area contributed by atoms with E-state index < -0.39 is 0 Å². The molecule has 2 aromatic rings. The predicted molar refractivity (Wildman–Crippen MR) is 81.5 cm³/mol. The predicted octanol–water partition coefficient (Wildman–Crippen LogP) is 2.35. The van der Waals surface area contributed by atoms with Crippen LogP contribution in [-0.4, -0.2) is 29.7 Å². The first-order chi connectivity index (χ1) is 10.2. The number of rotatable bonds is 7. The molecule has 112 valence electrons. The Morgan fingerprint density at radius 1 is 1.10 bits per heavy atom. The molecule has 1 heterocycles. The number of nitrogens with two attached hydrogens (primary N) is 1. The SMILES string of the molecule is COCCc1ccc(Oc2ncc(CC(C)N)cn2)cc1. The number of benzene rings is 1. The summed E-state index contributed by atoms with van der Waals surface area (Å²) in [5.74, 6) is 0.719. The molecule has 0 amide bonds. The molecule has 1 aromatic heterocycles. The van der Waals surface area contributed by atoms with Crippen LogP contribution in [0, 0.1) is 0 Å². The van der Waals surface area contributed by atoms with E-state index in [1.54, 1.807) is 19.5 Å². The van der Waals surface area contributed by atoms with E-state index in [0.29, 0.717) is 12.6 Å². The molecule has 2 rings (SSSR count).